The third kappa shape index (κ3) is 7.96. The Balaban J connectivity index is 1.74. The minimum atomic E-state index is -0.516. The minimum absolute atomic E-state index is 0.450. The summed E-state index contributed by atoms with van der Waals surface area (Å²) < 4.78 is 7.19. The molecule has 1 heterocycles. The summed E-state index contributed by atoms with van der Waals surface area (Å²) in [6, 6.07) is 7.76. The summed E-state index contributed by atoms with van der Waals surface area (Å²) in [5, 5.41) is 13.9. The van der Waals surface area contributed by atoms with Gasteiger partial charge >= 0.3 is 6.09 Å². The van der Waals surface area contributed by atoms with Crippen LogP contribution in [0.4, 0.5) is 10.5 Å². The number of amides is 1. The molecule has 0 aliphatic heterocycles. The van der Waals surface area contributed by atoms with Gasteiger partial charge in [-0.1, -0.05) is 12.1 Å². The number of hydrogen-bond acceptors (Lipinski definition) is 4. The summed E-state index contributed by atoms with van der Waals surface area (Å²) in [5.74, 6) is 0.780. The predicted octanol–water partition coefficient (Wildman–Crippen LogP) is 3.33. The van der Waals surface area contributed by atoms with Crippen molar-refractivity contribution in [3.8, 4) is 0 Å². The quantitative estimate of drug-likeness (QED) is 0.465. The van der Waals surface area contributed by atoms with Crippen molar-refractivity contribution in [1.82, 2.24) is 20.4 Å². The Morgan fingerprint density at radius 3 is 2.23 bits per heavy atom. The highest BCUT2D eigenvalue weighted by molar-refractivity contribution is 5.84. The first kappa shape index (κ1) is 24.2. The number of ether oxygens (including phenoxy) is 1. The first-order chi connectivity index (χ1) is 14.6. The second-order valence-electron chi connectivity index (χ2n) is 8.52. The maximum Gasteiger partial charge on any atom is 0.412 e. The van der Waals surface area contributed by atoms with Crippen LogP contribution in [-0.2, 0) is 24.6 Å². The van der Waals surface area contributed by atoms with E-state index < -0.39 is 11.7 Å². The number of benzene rings is 1. The fraction of sp³-hybridized carbons (Fsp3) is 0.522. The standard InChI is InChI=1S/C23H36N6O2/c1-16-20(17(2)29(7)28-16)13-15-26-21(24-6)25-14-12-18-8-10-19(11-9-18)27-22(30)31-23(3,4)5/h8-11H,12-15H2,1-7H3,(H,27,30)(H2,24,25,26). The molecule has 0 saturated heterocycles. The molecule has 170 valence electrons. The summed E-state index contributed by atoms with van der Waals surface area (Å²) in [6.07, 6.45) is 1.29. The topological polar surface area (TPSA) is 92.6 Å². The number of hydrogen-bond donors (Lipinski definition) is 3. The summed E-state index contributed by atoms with van der Waals surface area (Å²) in [6.45, 7) is 11.2. The normalized spacial score (nSPS) is 11.9. The number of nitrogens with zero attached hydrogens (tertiary/aromatic N) is 3. The number of nitrogens with one attached hydrogen (secondary N) is 3. The van der Waals surface area contributed by atoms with Crippen LogP contribution in [-0.4, -0.2) is 47.6 Å². The summed E-state index contributed by atoms with van der Waals surface area (Å²) in [7, 11) is 3.74. The highest BCUT2D eigenvalue weighted by Crippen LogP contribution is 2.13. The molecule has 0 radical (unpaired) electrons. The maximum atomic E-state index is 11.8. The Morgan fingerprint density at radius 1 is 1.10 bits per heavy atom. The van der Waals surface area contributed by atoms with E-state index >= 15 is 0 Å². The number of anilines is 1. The van der Waals surface area contributed by atoms with Crippen LogP contribution in [0.2, 0.25) is 0 Å². The van der Waals surface area contributed by atoms with Gasteiger partial charge in [0.1, 0.15) is 5.60 Å². The third-order valence-corrected chi connectivity index (χ3v) is 4.86. The maximum absolute atomic E-state index is 11.8. The largest absolute Gasteiger partial charge is 0.444 e. The average Bonchev–Trinajstić information content (AvgIpc) is 2.92. The lowest BCUT2D eigenvalue weighted by molar-refractivity contribution is 0.0636. The third-order valence-electron chi connectivity index (χ3n) is 4.86. The van der Waals surface area contributed by atoms with Gasteiger partial charge in [-0.3, -0.25) is 15.0 Å². The Bertz CT molecular complexity index is 894. The highest BCUT2D eigenvalue weighted by Gasteiger charge is 2.16. The lowest BCUT2D eigenvalue weighted by Crippen LogP contribution is -2.39. The van der Waals surface area contributed by atoms with Crippen molar-refractivity contribution in [2.75, 3.05) is 25.5 Å². The molecule has 0 aliphatic rings. The van der Waals surface area contributed by atoms with Crippen molar-refractivity contribution in [3.05, 3.63) is 46.8 Å². The van der Waals surface area contributed by atoms with Crippen LogP contribution < -0.4 is 16.0 Å². The second-order valence-corrected chi connectivity index (χ2v) is 8.52. The Hall–Kier alpha value is -3.03. The van der Waals surface area contributed by atoms with Crippen molar-refractivity contribution >= 4 is 17.7 Å². The first-order valence-electron chi connectivity index (χ1n) is 10.6. The van der Waals surface area contributed by atoms with Gasteiger partial charge < -0.3 is 15.4 Å². The van der Waals surface area contributed by atoms with E-state index in [1.54, 1.807) is 7.05 Å². The lowest BCUT2D eigenvalue weighted by atomic mass is 10.1. The number of rotatable bonds is 7. The molecule has 1 amide bonds. The molecule has 0 aliphatic carbocycles. The zero-order chi connectivity index (χ0) is 23.0. The zero-order valence-electron chi connectivity index (χ0n) is 19.8. The van der Waals surface area contributed by atoms with Gasteiger partial charge in [0.25, 0.3) is 0 Å². The van der Waals surface area contributed by atoms with Gasteiger partial charge in [0.2, 0.25) is 0 Å². The molecule has 0 saturated carbocycles. The van der Waals surface area contributed by atoms with Gasteiger partial charge in [-0.05, 0) is 70.7 Å². The van der Waals surface area contributed by atoms with Gasteiger partial charge in [-0.25, -0.2) is 4.79 Å². The van der Waals surface area contributed by atoms with Gasteiger partial charge in [-0.2, -0.15) is 5.10 Å². The molecule has 3 N–H and O–H groups in total. The van der Waals surface area contributed by atoms with E-state index in [4.69, 9.17) is 4.74 Å². The lowest BCUT2D eigenvalue weighted by Gasteiger charge is -2.19. The number of aliphatic imine (C=N–C) groups is 1. The summed E-state index contributed by atoms with van der Waals surface area (Å²) >= 11 is 0. The van der Waals surface area contributed by atoms with Crippen LogP contribution in [0.3, 0.4) is 0 Å². The van der Waals surface area contributed by atoms with Gasteiger partial charge in [-0.15, -0.1) is 0 Å². The molecule has 0 fully saturated rings. The van der Waals surface area contributed by atoms with Crippen LogP contribution >= 0.6 is 0 Å². The van der Waals surface area contributed by atoms with E-state index in [0.717, 1.165) is 37.6 Å². The molecule has 8 heteroatoms. The van der Waals surface area contributed by atoms with Crippen LogP contribution in [0.15, 0.2) is 29.3 Å². The van der Waals surface area contributed by atoms with Crippen molar-refractivity contribution in [2.45, 2.75) is 53.1 Å². The van der Waals surface area contributed by atoms with E-state index in [2.05, 4.69) is 33.0 Å². The molecule has 1 aromatic heterocycles. The number of guanidine groups is 1. The predicted molar refractivity (Wildman–Crippen MR) is 126 cm³/mol. The summed E-state index contributed by atoms with van der Waals surface area (Å²) in [5.41, 5.74) is 4.92. The Kier molecular flexibility index (Phi) is 8.47. The minimum Gasteiger partial charge on any atom is -0.444 e. The van der Waals surface area contributed by atoms with Crippen LogP contribution in [0.25, 0.3) is 0 Å². The molecule has 0 bridgehead atoms. The second kappa shape index (κ2) is 10.8. The Labute approximate surface area is 185 Å². The molecule has 1 aromatic carbocycles. The summed E-state index contributed by atoms with van der Waals surface area (Å²) in [4.78, 5) is 16.1. The molecular weight excluding hydrogens is 392 g/mol. The molecule has 31 heavy (non-hydrogen) atoms. The fourth-order valence-electron chi connectivity index (χ4n) is 3.21. The molecule has 2 aromatic rings. The van der Waals surface area contributed by atoms with E-state index in [9.17, 15) is 4.79 Å². The molecule has 8 nitrogen and oxygen atoms in total. The van der Waals surface area contributed by atoms with Crippen LogP contribution in [0, 0.1) is 13.8 Å². The monoisotopic (exact) mass is 428 g/mol. The smallest absolute Gasteiger partial charge is 0.412 e. The van der Waals surface area contributed by atoms with Gasteiger partial charge in [0, 0.05) is 38.6 Å². The molecule has 2 rings (SSSR count). The van der Waals surface area contributed by atoms with Crippen molar-refractivity contribution in [2.24, 2.45) is 12.0 Å². The average molecular weight is 429 g/mol. The van der Waals surface area contributed by atoms with Gasteiger partial charge in [0.15, 0.2) is 5.96 Å². The Morgan fingerprint density at radius 2 is 1.71 bits per heavy atom. The van der Waals surface area contributed by atoms with E-state index in [-0.39, 0.29) is 0 Å². The highest BCUT2D eigenvalue weighted by atomic mass is 16.6. The van der Waals surface area contributed by atoms with E-state index in [0.29, 0.717) is 5.69 Å². The zero-order valence-corrected chi connectivity index (χ0v) is 19.8. The number of aromatic nitrogens is 2. The number of carbonyl (C=O) groups is 1. The van der Waals surface area contributed by atoms with Crippen molar-refractivity contribution < 1.29 is 9.53 Å². The molecule has 0 atom stereocenters. The molecule has 0 unspecified atom stereocenters. The van der Waals surface area contributed by atoms with Crippen LogP contribution in [0.5, 0.6) is 0 Å². The van der Waals surface area contributed by atoms with Gasteiger partial charge in [0.05, 0.1) is 5.69 Å². The van der Waals surface area contributed by atoms with Crippen molar-refractivity contribution in [1.29, 1.82) is 0 Å². The number of aryl methyl sites for hydroxylation is 2. The molecular formula is C23H36N6O2. The van der Waals surface area contributed by atoms with Crippen molar-refractivity contribution in [3.63, 3.8) is 0 Å². The SMILES string of the molecule is CN=C(NCCc1ccc(NC(=O)OC(C)(C)C)cc1)NCCc1c(C)nn(C)c1C. The van der Waals surface area contributed by atoms with E-state index in [1.165, 1.54) is 16.8 Å². The van der Waals surface area contributed by atoms with Crippen LogP contribution in [0.1, 0.15) is 43.3 Å². The van der Waals surface area contributed by atoms with E-state index in [1.807, 2.05) is 63.7 Å². The fourth-order valence-corrected chi connectivity index (χ4v) is 3.21. The molecule has 0 spiro atoms. The number of carbonyl (C=O) groups excluding carboxylic acids is 1. The first-order valence-corrected chi connectivity index (χ1v) is 10.6.